The van der Waals surface area contributed by atoms with E-state index >= 15 is 0 Å². The van der Waals surface area contributed by atoms with Gasteiger partial charge in [-0.3, -0.25) is 14.5 Å². The predicted octanol–water partition coefficient (Wildman–Crippen LogP) is 4.49. The third-order valence-corrected chi connectivity index (χ3v) is 9.54. The Morgan fingerprint density at radius 1 is 1.31 bits per heavy atom. The molecule has 182 valence electrons. The van der Waals surface area contributed by atoms with Gasteiger partial charge in [-0.05, 0) is 60.1 Å². The molecule has 0 bridgehead atoms. The van der Waals surface area contributed by atoms with Crippen LogP contribution in [0.1, 0.15) is 67.2 Å². The molecular formula is C27H30N4O3S. The summed E-state index contributed by atoms with van der Waals surface area (Å²) in [6.45, 7) is 6.41. The summed E-state index contributed by atoms with van der Waals surface area (Å²) in [7, 11) is 0. The van der Waals surface area contributed by atoms with Gasteiger partial charge in [0, 0.05) is 4.88 Å². The van der Waals surface area contributed by atoms with Crippen molar-refractivity contribution in [3.05, 3.63) is 51.4 Å². The number of aryl methyl sites for hydroxylation is 1. The van der Waals surface area contributed by atoms with E-state index in [1.807, 2.05) is 24.3 Å². The van der Waals surface area contributed by atoms with Crippen molar-refractivity contribution < 1.29 is 14.4 Å². The molecule has 1 spiro atoms. The van der Waals surface area contributed by atoms with Gasteiger partial charge in [0.2, 0.25) is 5.91 Å². The molecule has 1 aromatic heterocycles. The lowest BCUT2D eigenvalue weighted by Crippen LogP contribution is -2.42. The van der Waals surface area contributed by atoms with Gasteiger partial charge in [0.15, 0.2) is 0 Å². The Hall–Kier alpha value is -3.18. The molecule has 4 amide bonds. The maximum Gasteiger partial charge on any atom is 0.325 e. The fourth-order valence-corrected chi connectivity index (χ4v) is 7.08. The average molecular weight is 491 g/mol. The van der Waals surface area contributed by atoms with Crippen LogP contribution in [0.4, 0.5) is 9.80 Å². The minimum atomic E-state index is -1.09. The van der Waals surface area contributed by atoms with Crippen LogP contribution in [-0.2, 0) is 34.4 Å². The molecule has 2 heterocycles. The van der Waals surface area contributed by atoms with Crippen molar-refractivity contribution >= 4 is 34.2 Å². The molecule has 1 aromatic carbocycles. The molecule has 7 nitrogen and oxygen atoms in total. The highest BCUT2D eigenvalue weighted by molar-refractivity contribution is 7.16. The zero-order valence-electron chi connectivity index (χ0n) is 20.4. The van der Waals surface area contributed by atoms with E-state index in [1.165, 1.54) is 11.3 Å². The number of amides is 4. The Bertz CT molecular complexity index is 1270. The summed E-state index contributed by atoms with van der Waals surface area (Å²) >= 11 is 1.46. The van der Waals surface area contributed by atoms with Gasteiger partial charge in [0.05, 0.1) is 5.56 Å². The number of nitriles is 1. The molecular weight excluding hydrogens is 460 g/mol. The van der Waals surface area contributed by atoms with Crippen LogP contribution < -0.4 is 10.6 Å². The van der Waals surface area contributed by atoms with Crippen molar-refractivity contribution in [2.45, 2.75) is 64.8 Å². The summed E-state index contributed by atoms with van der Waals surface area (Å²) in [5.41, 5.74) is 2.53. The van der Waals surface area contributed by atoms with Crippen LogP contribution in [0, 0.1) is 22.7 Å². The second-order valence-corrected chi connectivity index (χ2v) is 11.6. The van der Waals surface area contributed by atoms with Crippen molar-refractivity contribution in [3.8, 4) is 6.07 Å². The molecule has 1 fully saturated rings. The zero-order valence-corrected chi connectivity index (χ0v) is 21.2. The molecule has 5 rings (SSSR count). The fraction of sp³-hybridized carbons (Fsp3) is 0.481. The van der Waals surface area contributed by atoms with E-state index in [4.69, 9.17) is 0 Å². The number of urea groups is 1. The maximum absolute atomic E-state index is 13.3. The smallest absolute Gasteiger partial charge is 0.319 e. The highest BCUT2D eigenvalue weighted by Gasteiger charge is 2.55. The average Bonchev–Trinajstić information content (AvgIpc) is 3.46. The van der Waals surface area contributed by atoms with E-state index in [-0.39, 0.29) is 12.0 Å². The second-order valence-electron chi connectivity index (χ2n) is 10.5. The van der Waals surface area contributed by atoms with E-state index < -0.39 is 23.4 Å². The van der Waals surface area contributed by atoms with Gasteiger partial charge >= 0.3 is 6.03 Å². The minimum absolute atomic E-state index is 0.218. The summed E-state index contributed by atoms with van der Waals surface area (Å²) in [4.78, 5) is 41.2. The van der Waals surface area contributed by atoms with Crippen LogP contribution in [0.25, 0.3) is 0 Å². The topological polar surface area (TPSA) is 102 Å². The molecule has 35 heavy (non-hydrogen) atoms. The van der Waals surface area contributed by atoms with Gasteiger partial charge in [-0.2, -0.15) is 5.26 Å². The standard InChI is InChI=1S/C27H30N4O3S/c1-4-26(2,3)17-9-10-18-19(14-28)23(35-21(18)13-17)29-22(32)15-31-24(33)27(30-25(31)34)12-11-16-7-5-6-8-20(16)27/h5-8,17H,4,9-13,15H2,1-3H3,(H,29,32)(H,30,34)/t17-,27-/m1/s1. The second kappa shape index (κ2) is 8.49. The van der Waals surface area contributed by atoms with Gasteiger partial charge in [0.1, 0.15) is 23.2 Å². The molecule has 1 aliphatic heterocycles. The quantitative estimate of drug-likeness (QED) is 0.603. The highest BCUT2D eigenvalue weighted by Crippen LogP contribution is 2.45. The summed E-state index contributed by atoms with van der Waals surface area (Å²) in [5, 5.41) is 16.0. The number of thiophene rings is 1. The first-order valence-electron chi connectivity index (χ1n) is 12.3. The van der Waals surface area contributed by atoms with Gasteiger partial charge in [0.25, 0.3) is 5.91 Å². The van der Waals surface area contributed by atoms with Gasteiger partial charge < -0.3 is 10.6 Å². The Balaban J connectivity index is 1.32. The lowest BCUT2D eigenvalue weighted by atomic mass is 9.69. The highest BCUT2D eigenvalue weighted by atomic mass is 32.1. The van der Waals surface area contributed by atoms with Gasteiger partial charge in [-0.1, -0.05) is 51.5 Å². The largest absolute Gasteiger partial charge is 0.325 e. The number of carbonyl (C=O) groups is 3. The Morgan fingerprint density at radius 2 is 2.09 bits per heavy atom. The molecule has 0 radical (unpaired) electrons. The Kier molecular flexibility index (Phi) is 5.71. The third-order valence-electron chi connectivity index (χ3n) is 8.37. The lowest BCUT2D eigenvalue weighted by molar-refractivity contribution is -0.134. The van der Waals surface area contributed by atoms with Crippen molar-refractivity contribution in [3.63, 3.8) is 0 Å². The lowest BCUT2D eigenvalue weighted by Gasteiger charge is -2.36. The molecule has 1 saturated heterocycles. The fourth-order valence-electron chi connectivity index (χ4n) is 5.79. The van der Waals surface area contributed by atoms with Crippen molar-refractivity contribution in [1.29, 1.82) is 5.26 Å². The van der Waals surface area contributed by atoms with E-state index in [2.05, 4.69) is 37.5 Å². The van der Waals surface area contributed by atoms with E-state index in [1.54, 1.807) is 0 Å². The number of fused-ring (bicyclic) bond motifs is 3. The maximum atomic E-state index is 13.3. The van der Waals surface area contributed by atoms with Crippen LogP contribution in [0.15, 0.2) is 24.3 Å². The summed E-state index contributed by atoms with van der Waals surface area (Å²) < 4.78 is 0. The number of hydrogen-bond acceptors (Lipinski definition) is 5. The van der Waals surface area contributed by atoms with Crippen molar-refractivity contribution in [1.82, 2.24) is 10.2 Å². The van der Waals surface area contributed by atoms with E-state index in [0.29, 0.717) is 29.3 Å². The Labute approximate surface area is 209 Å². The predicted molar refractivity (Wildman–Crippen MR) is 134 cm³/mol. The number of anilines is 1. The van der Waals surface area contributed by atoms with Crippen LogP contribution in [0.5, 0.6) is 0 Å². The number of hydrogen-bond donors (Lipinski definition) is 2. The minimum Gasteiger partial charge on any atom is -0.319 e. The van der Waals surface area contributed by atoms with Crippen LogP contribution in [0.3, 0.4) is 0 Å². The van der Waals surface area contributed by atoms with E-state index in [9.17, 15) is 19.6 Å². The molecule has 0 unspecified atom stereocenters. The molecule has 2 aromatic rings. The number of nitrogens with one attached hydrogen (secondary N) is 2. The van der Waals surface area contributed by atoms with Crippen molar-refractivity contribution in [2.24, 2.45) is 11.3 Å². The van der Waals surface area contributed by atoms with Crippen LogP contribution in [-0.4, -0.2) is 29.3 Å². The zero-order chi connectivity index (χ0) is 25.0. The first kappa shape index (κ1) is 23.6. The number of nitrogens with zero attached hydrogens (tertiary/aromatic N) is 2. The molecule has 0 saturated carbocycles. The first-order valence-corrected chi connectivity index (χ1v) is 13.1. The molecule has 2 N–H and O–H groups in total. The SMILES string of the molecule is CCC(C)(C)[C@@H]1CCc2c(sc(NC(=O)CN3C(=O)N[C@@]4(CCc5ccccc54)C3=O)c2C#N)C1. The molecule has 2 aliphatic carbocycles. The van der Waals surface area contributed by atoms with Crippen molar-refractivity contribution in [2.75, 3.05) is 11.9 Å². The summed E-state index contributed by atoms with van der Waals surface area (Å²) in [5.74, 6) is -0.333. The van der Waals surface area contributed by atoms with E-state index in [0.717, 1.165) is 52.2 Å². The molecule has 8 heteroatoms. The Morgan fingerprint density at radius 3 is 2.83 bits per heavy atom. The molecule has 2 atom stereocenters. The molecule has 3 aliphatic rings. The monoisotopic (exact) mass is 490 g/mol. The van der Waals surface area contributed by atoms with Gasteiger partial charge in [-0.25, -0.2) is 4.79 Å². The summed E-state index contributed by atoms with van der Waals surface area (Å²) in [6, 6.07) is 9.33. The van der Waals surface area contributed by atoms with Gasteiger partial charge in [-0.15, -0.1) is 11.3 Å². The number of rotatable bonds is 5. The normalized spacial score (nSPS) is 23.1. The number of benzene rings is 1. The first-order chi connectivity index (χ1) is 16.7. The number of carbonyl (C=O) groups excluding carboxylic acids is 3. The van der Waals surface area contributed by atoms with Crippen LogP contribution in [0.2, 0.25) is 0 Å². The van der Waals surface area contributed by atoms with Crippen LogP contribution >= 0.6 is 11.3 Å². The third kappa shape index (κ3) is 3.73. The number of imide groups is 1. The summed E-state index contributed by atoms with van der Waals surface area (Å²) in [6.07, 6.45) is 5.03.